The summed E-state index contributed by atoms with van der Waals surface area (Å²) in [6.45, 7) is 7.97. The van der Waals surface area contributed by atoms with E-state index in [0.29, 0.717) is 33.8 Å². The third kappa shape index (κ3) is 8.53. The number of halogens is 3. The van der Waals surface area contributed by atoms with Crippen LogP contribution in [0.1, 0.15) is 46.1 Å². The van der Waals surface area contributed by atoms with Crippen LogP contribution in [0, 0.1) is 0 Å². The first kappa shape index (κ1) is 26.3. The van der Waals surface area contributed by atoms with E-state index in [9.17, 15) is 9.59 Å². The number of hydrogen-bond donors (Lipinski definition) is 1. The maximum Gasteiger partial charge on any atom is 0.242 e. The average molecular weight is 500 g/mol. The van der Waals surface area contributed by atoms with Crippen LogP contribution in [0.25, 0.3) is 0 Å². The Morgan fingerprint density at radius 1 is 1.03 bits per heavy atom. The molecule has 174 valence electrons. The lowest BCUT2D eigenvalue weighted by atomic mass is 10.1. The van der Waals surface area contributed by atoms with Crippen LogP contribution in [0.4, 0.5) is 0 Å². The van der Waals surface area contributed by atoms with Gasteiger partial charge in [0.2, 0.25) is 11.8 Å². The highest BCUT2D eigenvalue weighted by atomic mass is 35.5. The SMILES string of the molecule is C[C@H](C(=O)NC(C)(C)C)N(Cc1ccc(Cl)cc1Cl)C(=O)CCCOc1ccc(Cl)cc1. The van der Waals surface area contributed by atoms with Gasteiger partial charge in [-0.1, -0.05) is 40.9 Å². The van der Waals surface area contributed by atoms with E-state index >= 15 is 0 Å². The number of carbonyl (C=O) groups is 2. The van der Waals surface area contributed by atoms with Gasteiger partial charge in [0.25, 0.3) is 0 Å². The van der Waals surface area contributed by atoms with Crippen molar-refractivity contribution in [1.82, 2.24) is 10.2 Å². The number of carbonyl (C=O) groups excluding carboxylic acids is 2. The molecule has 1 atom stereocenters. The van der Waals surface area contributed by atoms with Crippen molar-refractivity contribution < 1.29 is 14.3 Å². The van der Waals surface area contributed by atoms with Gasteiger partial charge in [0.1, 0.15) is 11.8 Å². The van der Waals surface area contributed by atoms with Gasteiger partial charge in [-0.15, -0.1) is 0 Å². The minimum absolute atomic E-state index is 0.160. The van der Waals surface area contributed by atoms with E-state index in [-0.39, 0.29) is 24.8 Å². The predicted molar refractivity (Wildman–Crippen MR) is 131 cm³/mol. The van der Waals surface area contributed by atoms with Crippen LogP contribution >= 0.6 is 34.8 Å². The average Bonchev–Trinajstić information content (AvgIpc) is 2.70. The van der Waals surface area contributed by atoms with Gasteiger partial charge in [-0.3, -0.25) is 9.59 Å². The summed E-state index contributed by atoms with van der Waals surface area (Å²) in [5.41, 5.74) is 0.307. The van der Waals surface area contributed by atoms with Crippen molar-refractivity contribution in [2.75, 3.05) is 6.61 Å². The second-order valence-electron chi connectivity index (χ2n) is 8.58. The molecule has 0 saturated carbocycles. The van der Waals surface area contributed by atoms with Gasteiger partial charge in [0.15, 0.2) is 0 Å². The molecule has 0 fully saturated rings. The van der Waals surface area contributed by atoms with Crippen molar-refractivity contribution in [2.45, 2.75) is 58.7 Å². The van der Waals surface area contributed by atoms with Gasteiger partial charge >= 0.3 is 0 Å². The minimum atomic E-state index is -0.675. The molecule has 2 aromatic rings. The lowest BCUT2D eigenvalue weighted by molar-refractivity contribution is -0.141. The van der Waals surface area contributed by atoms with Gasteiger partial charge < -0.3 is 15.0 Å². The number of ether oxygens (including phenoxy) is 1. The fourth-order valence-electron chi connectivity index (χ4n) is 2.98. The summed E-state index contributed by atoms with van der Waals surface area (Å²) in [4.78, 5) is 27.4. The molecule has 0 spiro atoms. The number of amides is 2. The van der Waals surface area contributed by atoms with E-state index in [2.05, 4.69) is 5.32 Å². The molecule has 0 aliphatic rings. The zero-order chi connectivity index (χ0) is 23.9. The van der Waals surface area contributed by atoms with E-state index in [4.69, 9.17) is 39.5 Å². The highest BCUT2D eigenvalue weighted by Crippen LogP contribution is 2.24. The number of nitrogens with zero attached hydrogens (tertiary/aromatic N) is 1. The molecular weight excluding hydrogens is 471 g/mol. The van der Waals surface area contributed by atoms with Gasteiger partial charge in [0.05, 0.1) is 6.61 Å². The predicted octanol–water partition coefficient (Wildman–Crippen LogP) is 6.14. The second kappa shape index (κ2) is 11.8. The minimum Gasteiger partial charge on any atom is -0.494 e. The third-order valence-electron chi connectivity index (χ3n) is 4.64. The van der Waals surface area contributed by atoms with Crippen LogP contribution in [0.2, 0.25) is 15.1 Å². The smallest absolute Gasteiger partial charge is 0.242 e. The van der Waals surface area contributed by atoms with Gasteiger partial charge in [-0.2, -0.15) is 0 Å². The largest absolute Gasteiger partial charge is 0.494 e. The fraction of sp³-hybridized carbons (Fsp3) is 0.417. The van der Waals surface area contributed by atoms with E-state index in [1.165, 1.54) is 0 Å². The molecule has 0 saturated heterocycles. The summed E-state index contributed by atoms with van der Waals surface area (Å²) < 4.78 is 5.67. The van der Waals surface area contributed by atoms with E-state index in [1.807, 2.05) is 20.8 Å². The Morgan fingerprint density at radius 2 is 1.66 bits per heavy atom. The lowest BCUT2D eigenvalue weighted by Gasteiger charge is -2.31. The van der Waals surface area contributed by atoms with Crippen molar-refractivity contribution in [2.24, 2.45) is 0 Å². The molecule has 5 nitrogen and oxygen atoms in total. The van der Waals surface area contributed by atoms with Crippen LogP contribution in [-0.4, -0.2) is 34.9 Å². The molecule has 2 amide bonds. The Bertz CT molecular complexity index is 927. The highest BCUT2D eigenvalue weighted by molar-refractivity contribution is 6.35. The van der Waals surface area contributed by atoms with Gasteiger partial charge in [0, 0.05) is 33.6 Å². The molecule has 0 radical (unpaired) electrons. The first-order valence-electron chi connectivity index (χ1n) is 10.4. The summed E-state index contributed by atoms with van der Waals surface area (Å²) >= 11 is 18.2. The molecule has 0 aromatic heterocycles. The zero-order valence-corrected chi connectivity index (χ0v) is 21.0. The molecule has 0 aliphatic heterocycles. The van der Waals surface area contributed by atoms with Crippen molar-refractivity contribution in [1.29, 1.82) is 0 Å². The third-order valence-corrected chi connectivity index (χ3v) is 5.48. The van der Waals surface area contributed by atoms with Crippen molar-refractivity contribution in [3.05, 3.63) is 63.1 Å². The molecule has 0 aliphatic carbocycles. The fourth-order valence-corrected chi connectivity index (χ4v) is 3.57. The van der Waals surface area contributed by atoms with Crippen LogP contribution in [-0.2, 0) is 16.1 Å². The standard InChI is InChI=1S/C24H29Cl3N2O3/c1-16(23(31)28-24(2,3)4)29(15-17-7-8-19(26)14-21(17)27)22(30)6-5-13-32-20-11-9-18(25)10-12-20/h7-12,14,16H,5-6,13,15H2,1-4H3,(H,28,31)/t16-/m1/s1. The molecular formula is C24H29Cl3N2O3. The molecule has 0 bridgehead atoms. The van der Waals surface area contributed by atoms with Crippen molar-refractivity contribution in [3.8, 4) is 5.75 Å². The van der Waals surface area contributed by atoms with E-state index < -0.39 is 11.6 Å². The Kier molecular flexibility index (Phi) is 9.68. The topological polar surface area (TPSA) is 58.6 Å². The first-order valence-corrected chi connectivity index (χ1v) is 11.5. The van der Waals surface area contributed by atoms with E-state index in [0.717, 1.165) is 5.56 Å². The first-order chi connectivity index (χ1) is 15.0. The number of benzene rings is 2. The van der Waals surface area contributed by atoms with Crippen molar-refractivity contribution in [3.63, 3.8) is 0 Å². The molecule has 0 unspecified atom stereocenters. The van der Waals surface area contributed by atoms with Crippen molar-refractivity contribution >= 4 is 46.6 Å². The Hall–Kier alpha value is -1.95. The molecule has 8 heteroatoms. The monoisotopic (exact) mass is 498 g/mol. The molecule has 32 heavy (non-hydrogen) atoms. The number of nitrogens with one attached hydrogen (secondary N) is 1. The Labute approximate surface area is 205 Å². The molecule has 1 N–H and O–H groups in total. The summed E-state index contributed by atoms with van der Waals surface area (Å²) in [5.74, 6) is 0.296. The van der Waals surface area contributed by atoms with Crippen LogP contribution in [0.15, 0.2) is 42.5 Å². The molecule has 2 aromatic carbocycles. The number of rotatable bonds is 9. The van der Waals surface area contributed by atoms with Crippen LogP contribution in [0.5, 0.6) is 5.75 Å². The summed E-state index contributed by atoms with van der Waals surface area (Å²) in [5, 5.41) is 4.52. The van der Waals surface area contributed by atoms with E-state index in [1.54, 1.807) is 54.3 Å². The Balaban J connectivity index is 2.06. The van der Waals surface area contributed by atoms with Gasteiger partial charge in [-0.05, 0) is 76.1 Å². The summed E-state index contributed by atoms with van der Waals surface area (Å²) in [6.07, 6.45) is 0.728. The maximum atomic E-state index is 13.1. The maximum absolute atomic E-state index is 13.1. The normalized spacial score (nSPS) is 12.2. The van der Waals surface area contributed by atoms with Gasteiger partial charge in [-0.25, -0.2) is 0 Å². The van der Waals surface area contributed by atoms with Crippen LogP contribution in [0.3, 0.4) is 0 Å². The zero-order valence-electron chi connectivity index (χ0n) is 18.8. The molecule has 0 heterocycles. The van der Waals surface area contributed by atoms with Crippen LogP contribution < -0.4 is 10.1 Å². The summed E-state index contributed by atoms with van der Waals surface area (Å²) in [6, 6.07) is 11.5. The molecule has 2 rings (SSSR count). The Morgan fingerprint density at radius 3 is 2.25 bits per heavy atom. The summed E-state index contributed by atoms with van der Waals surface area (Å²) in [7, 11) is 0. The quantitative estimate of drug-likeness (QED) is 0.422. The lowest BCUT2D eigenvalue weighted by Crippen LogP contribution is -2.52. The number of hydrogen-bond acceptors (Lipinski definition) is 3. The highest BCUT2D eigenvalue weighted by Gasteiger charge is 2.28. The second-order valence-corrected chi connectivity index (χ2v) is 9.86.